The average Bonchev–Trinajstić information content (AvgIpc) is 2.68. The molecule has 0 amide bonds. The molecule has 0 radical (unpaired) electrons. The summed E-state index contributed by atoms with van der Waals surface area (Å²) in [6, 6.07) is 0. The molecular weight excluding hydrogens is 364 g/mol. The zero-order chi connectivity index (χ0) is 22.0. The van der Waals surface area contributed by atoms with Gasteiger partial charge in [-0.05, 0) is 66.7 Å². The molecule has 0 spiro atoms. The molecule has 0 aliphatic rings. The Kier molecular flexibility index (Phi) is 10.4. The van der Waals surface area contributed by atoms with Crippen molar-refractivity contribution in [1.29, 1.82) is 0 Å². The zero-order valence-corrected chi connectivity index (χ0v) is 19.4. The number of hydrogen-bond donors (Lipinski definition) is 1. The molecular formula is C25H38O4. The summed E-state index contributed by atoms with van der Waals surface area (Å²) >= 11 is 0. The van der Waals surface area contributed by atoms with E-state index in [1.165, 1.54) is 23.8 Å². The van der Waals surface area contributed by atoms with Crippen molar-refractivity contribution in [3.63, 3.8) is 0 Å². The maximum absolute atomic E-state index is 10.5. The summed E-state index contributed by atoms with van der Waals surface area (Å²) in [5.74, 6) is 1.44. The van der Waals surface area contributed by atoms with Gasteiger partial charge in [0.05, 0.1) is 21.3 Å². The van der Waals surface area contributed by atoms with Gasteiger partial charge in [0.15, 0.2) is 11.5 Å². The molecule has 1 aromatic carbocycles. The zero-order valence-electron chi connectivity index (χ0n) is 19.4. The van der Waals surface area contributed by atoms with E-state index < -0.39 is 0 Å². The quantitative estimate of drug-likeness (QED) is 0.419. The molecule has 0 fully saturated rings. The first kappa shape index (κ1) is 24.7. The van der Waals surface area contributed by atoms with Gasteiger partial charge in [-0.1, -0.05) is 34.9 Å². The van der Waals surface area contributed by atoms with Crippen LogP contribution in [0, 0.1) is 6.92 Å². The van der Waals surface area contributed by atoms with Crippen LogP contribution < -0.4 is 14.2 Å². The lowest BCUT2D eigenvalue weighted by molar-refractivity contribution is 0.307. The van der Waals surface area contributed by atoms with E-state index in [1.807, 2.05) is 6.92 Å². The second-order valence-corrected chi connectivity index (χ2v) is 7.72. The van der Waals surface area contributed by atoms with E-state index in [0.717, 1.165) is 36.8 Å². The maximum atomic E-state index is 10.5. The van der Waals surface area contributed by atoms with Crippen molar-refractivity contribution >= 4 is 0 Å². The summed E-state index contributed by atoms with van der Waals surface area (Å²) in [5.41, 5.74) is 5.80. The summed E-state index contributed by atoms with van der Waals surface area (Å²) in [6.45, 7) is 10.5. The third kappa shape index (κ3) is 7.19. The molecule has 0 atom stereocenters. The third-order valence-electron chi connectivity index (χ3n) is 5.10. The molecule has 0 aromatic heterocycles. The number of rotatable bonds is 11. The first-order chi connectivity index (χ1) is 13.8. The molecule has 1 rings (SSSR count). The molecule has 0 aliphatic carbocycles. The van der Waals surface area contributed by atoms with Crippen molar-refractivity contribution in [3.05, 3.63) is 46.1 Å². The molecule has 162 valence electrons. The van der Waals surface area contributed by atoms with Crippen molar-refractivity contribution in [2.75, 3.05) is 21.3 Å². The highest BCUT2D eigenvalue weighted by Gasteiger charge is 2.23. The standard InChI is InChI=1S/C25H38O4/c1-17(2)11-9-12-18(3)13-10-14-19(4)15-16-21-20(5)22(26)24(28-7)25(29-8)23(21)27-6/h11,13,15,26H,9-10,12,14,16H2,1-8H3/b18-13+,19-15+. The summed E-state index contributed by atoms with van der Waals surface area (Å²) in [7, 11) is 4.67. The van der Waals surface area contributed by atoms with Gasteiger partial charge in [0.1, 0.15) is 0 Å². The minimum absolute atomic E-state index is 0.0983. The SMILES string of the molecule is COc1c(O)c(C)c(C/C=C(\C)CC/C=C(\C)CCC=C(C)C)c(OC)c1OC. The van der Waals surface area contributed by atoms with E-state index in [2.05, 4.69) is 45.9 Å². The van der Waals surface area contributed by atoms with Crippen LogP contribution in [-0.2, 0) is 6.42 Å². The minimum atomic E-state index is 0.0983. The molecule has 0 unspecified atom stereocenters. The van der Waals surface area contributed by atoms with E-state index in [0.29, 0.717) is 23.7 Å². The van der Waals surface area contributed by atoms with Crippen LogP contribution in [-0.4, -0.2) is 26.4 Å². The van der Waals surface area contributed by atoms with Crippen LogP contribution in [0.3, 0.4) is 0 Å². The van der Waals surface area contributed by atoms with Crippen molar-refractivity contribution in [3.8, 4) is 23.0 Å². The van der Waals surface area contributed by atoms with Crippen LogP contribution in [0.25, 0.3) is 0 Å². The lowest BCUT2D eigenvalue weighted by atomic mass is 9.99. The Morgan fingerprint density at radius 2 is 1.28 bits per heavy atom. The molecule has 4 nitrogen and oxygen atoms in total. The number of phenols is 1. The number of methoxy groups -OCH3 is 3. The lowest BCUT2D eigenvalue weighted by Crippen LogP contribution is -2.02. The first-order valence-corrected chi connectivity index (χ1v) is 10.2. The van der Waals surface area contributed by atoms with E-state index in [1.54, 1.807) is 14.2 Å². The van der Waals surface area contributed by atoms with Gasteiger partial charge in [-0.15, -0.1) is 0 Å². The van der Waals surface area contributed by atoms with Crippen LogP contribution in [0.4, 0.5) is 0 Å². The lowest BCUT2D eigenvalue weighted by Gasteiger charge is -2.19. The fourth-order valence-corrected chi connectivity index (χ4v) is 3.28. The monoisotopic (exact) mass is 402 g/mol. The molecule has 0 saturated heterocycles. The molecule has 0 aliphatic heterocycles. The average molecular weight is 403 g/mol. The number of ether oxygens (including phenoxy) is 3. The van der Waals surface area contributed by atoms with Crippen LogP contribution in [0.1, 0.15) is 64.5 Å². The Balaban J connectivity index is 2.87. The van der Waals surface area contributed by atoms with Gasteiger partial charge in [-0.3, -0.25) is 0 Å². The van der Waals surface area contributed by atoms with Gasteiger partial charge in [0.2, 0.25) is 11.5 Å². The predicted octanol–water partition coefficient (Wildman–Crippen LogP) is 6.69. The van der Waals surface area contributed by atoms with Gasteiger partial charge < -0.3 is 19.3 Å². The summed E-state index contributed by atoms with van der Waals surface area (Å²) < 4.78 is 16.3. The van der Waals surface area contributed by atoms with Crippen LogP contribution in [0.2, 0.25) is 0 Å². The van der Waals surface area contributed by atoms with Gasteiger partial charge in [0.25, 0.3) is 0 Å². The number of benzene rings is 1. The van der Waals surface area contributed by atoms with E-state index in [4.69, 9.17) is 14.2 Å². The fourth-order valence-electron chi connectivity index (χ4n) is 3.28. The number of aromatic hydroxyl groups is 1. The number of phenolic OH excluding ortho intramolecular Hbond substituents is 1. The molecule has 0 heterocycles. The van der Waals surface area contributed by atoms with Gasteiger partial charge in [-0.25, -0.2) is 0 Å². The Hall–Kier alpha value is -2.36. The summed E-state index contributed by atoms with van der Waals surface area (Å²) in [6.07, 6.45) is 11.8. The van der Waals surface area contributed by atoms with Crippen molar-refractivity contribution in [1.82, 2.24) is 0 Å². The summed E-state index contributed by atoms with van der Waals surface area (Å²) in [5, 5.41) is 10.5. The van der Waals surface area contributed by atoms with E-state index in [-0.39, 0.29) is 5.75 Å². The van der Waals surface area contributed by atoms with Crippen LogP contribution >= 0.6 is 0 Å². The molecule has 0 saturated carbocycles. The number of allylic oxidation sites excluding steroid dienone is 6. The van der Waals surface area contributed by atoms with Gasteiger partial charge in [-0.2, -0.15) is 0 Å². The second-order valence-electron chi connectivity index (χ2n) is 7.72. The molecule has 4 heteroatoms. The van der Waals surface area contributed by atoms with Crippen molar-refractivity contribution in [2.45, 2.75) is 66.7 Å². The molecule has 29 heavy (non-hydrogen) atoms. The highest BCUT2D eigenvalue weighted by atomic mass is 16.5. The maximum Gasteiger partial charge on any atom is 0.207 e. The molecule has 1 N–H and O–H groups in total. The predicted molar refractivity (Wildman–Crippen MR) is 122 cm³/mol. The van der Waals surface area contributed by atoms with Crippen molar-refractivity contribution in [2.24, 2.45) is 0 Å². The second kappa shape index (κ2) is 12.3. The largest absolute Gasteiger partial charge is 0.504 e. The van der Waals surface area contributed by atoms with Gasteiger partial charge >= 0.3 is 0 Å². The van der Waals surface area contributed by atoms with E-state index in [9.17, 15) is 5.11 Å². The fraction of sp³-hybridized carbons (Fsp3) is 0.520. The van der Waals surface area contributed by atoms with E-state index >= 15 is 0 Å². The van der Waals surface area contributed by atoms with Gasteiger partial charge in [0, 0.05) is 11.1 Å². The highest BCUT2D eigenvalue weighted by molar-refractivity contribution is 5.66. The Morgan fingerprint density at radius 3 is 1.79 bits per heavy atom. The highest BCUT2D eigenvalue weighted by Crippen LogP contribution is 2.49. The Bertz CT molecular complexity index is 766. The Morgan fingerprint density at radius 1 is 0.759 bits per heavy atom. The van der Waals surface area contributed by atoms with Crippen LogP contribution in [0.15, 0.2) is 34.9 Å². The Labute approximate surface area is 176 Å². The normalized spacial score (nSPS) is 12.0. The third-order valence-corrected chi connectivity index (χ3v) is 5.10. The smallest absolute Gasteiger partial charge is 0.207 e. The van der Waals surface area contributed by atoms with Crippen LogP contribution in [0.5, 0.6) is 23.0 Å². The van der Waals surface area contributed by atoms with Crippen molar-refractivity contribution < 1.29 is 19.3 Å². The first-order valence-electron chi connectivity index (χ1n) is 10.2. The minimum Gasteiger partial charge on any atom is -0.504 e. The number of hydrogen-bond acceptors (Lipinski definition) is 4. The summed E-state index contributed by atoms with van der Waals surface area (Å²) in [4.78, 5) is 0. The molecule has 1 aromatic rings. The topological polar surface area (TPSA) is 47.9 Å². The molecule has 0 bridgehead atoms.